The standard InChI is InChI=1S/C17H19N5/c1-21-11-8-15-16(18-12-19-17(15)21)20-13-4-6-14(7-5-13)22-9-2-3-10-22/h4-8,11-12H,2-3,9-10H2,1H3,(H,18,19,20). The van der Waals surface area contributed by atoms with Gasteiger partial charge in [-0.2, -0.15) is 0 Å². The van der Waals surface area contributed by atoms with Gasteiger partial charge in [-0.25, -0.2) is 9.97 Å². The highest BCUT2D eigenvalue weighted by atomic mass is 15.1. The van der Waals surface area contributed by atoms with Gasteiger partial charge in [0, 0.05) is 37.7 Å². The summed E-state index contributed by atoms with van der Waals surface area (Å²) in [5.41, 5.74) is 3.29. The highest BCUT2D eigenvalue weighted by Crippen LogP contribution is 2.26. The molecular weight excluding hydrogens is 274 g/mol. The fourth-order valence-electron chi connectivity index (χ4n) is 3.04. The first-order valence-corrected chi connectivity index (χ1v) is 7.69. The maximum absolute atomic E-state index is 4.37. The van der Waals surface area contributed by atoms with Crippen LogP contribution in [0.3, 0.4) is 0 Å². The number of benzene rings is 1. The summed E-state index contributed by atoms with van der Waals surface area (Å²) in [6.45, 7) is 2.34. The van der Waals surface area contributed by atoms with Gasteiger partial charge in [-0.15, -0.1) is 0 Å². The van der Waals surface area contributed by atoms with Crippen molar-refractivity contribution in [1.82, 2.24) is 14.5 Å². The third-order valence-corrected chi connectivity index (χ3v) is 4.26. The number of rotatable bonds is 3. The molecule has 3 heterocycles. The van der Waals surface area contributed by atoms with Crippen molar-refractivity contribution in [2.24, 2.45) is 7.05 Å². The molecule has 0 atom stereocenters. The molecule has 5 nitrogen and oxygen atoms in total. The summed E-state index contributed by atoms with van der Waals surface area (Å²) in [7, 11) is 1.99. The molecule has 0 spiro atoms. The van der Waals surface area contributed by atoms with Crippen LogP contribution in [-0.2, 0) is 7.05 Å². The molecule has 1 N–H and O–H groups in total. The number of nitrogens with zero attached hydrogens (tertiary/aromatic N) is 4. The molecule has 1 aromatic carbocycles. The van der Waals surface area contributed by atoms with E-state index in [1.165, 1.54) is 31.6 Å². The zero-order valence-corrected chi connectivity index (χ0v) is 12.7. The maximum atomic E-state index is 4.37. The second-order valence-corrected chi connectivity index (χ2v) is 5.75. The van der Waals surface area contributed by atoms with E-state index in [4.69, 9.17) is 0 Å². The normalized spacial score (nSPS) is 14.7. The van der Waals surface area contributed by atoms with Gasteiger partial charge in [-0.1, -0.05) is 0 Å². The lowest BCUT2D eigenvalue weighted by Gasteiger charge is -2.18. The van der Waals surface area contributed by atoms with Gasteiger partial charge in [0.05, 0.1) is 5.39 Å². The van der Waals surface area contributed by atoms with Crippen LogP contribution in [0.25, 0.3) is 11.0 Å². The van der Waals surface area contributed by atoms with Crippen molar-refractivity contribution in [3.63, 3.8) is 0 Å². The fraction of sp³-hybridized carbons (Fsp3) is 0.294. The van der Waals surface area contributed by atoms with Gasteiger partial charge in [0.25, 0.3) is 0 Å². The summed E-state index contributed by atoms with van der Waals surface area (Å²) < 4.78 is 2.00. The van der Waals surface area contributed by atoms with Gasteiger partial charge in [-0.3, -0.25) is 0 Å². The van der Waals surface area contributed by atoms with E-state index in [2.05, 4.69) is 44.5 Å². The van der Waals surface area contributed by atoms with Crippen molar-refractivity contribution in [2.75, 3.05) is 23.3 Å². The van der Waals surface area contributed by atoms with Gasteiger partial charge >= 0.3 is 0 Å². The Labute approximate surface area is 129 Å². The minimum atomic E-state index is 0.847. The van der Waals surface area contributed by atoms with Crippen LogP contribution in [0.5, 0.6) is 0 Å². The van der Waals surface area contributed by atoms with Crippen LogP contribution in [0, 0.1) is 0 Å². The highest BCUT2D eigenvalue weighted by Gasteiger charge is 2.12. The second-order valence-electron chi connectivity index (χ2n) is 5.75. The summed E-state index contributed by atoms with van der Waals surface area (Å²) >= 11 is 0. The lowest BCUT2D eigenvalue weighted by molar-refractivity contribution is 0.944. The third-order valence-electron chi connectivity index (χ3n) is 4.26. The van der Waals surface area contributed by atoms with Gasteiger partial charge in [0.2, 0.25) is 0 Å². The fourth-order valence-corrected chi connectivity index (χ4v) is 3.04. The van der Waals surface area contributed by atoms with E-state index >= 15 is 0 Å². The van der Waals surface area contributed by atoms with Gasteiger partial charge in [0.1, 0.15) is 17.8 Å². The Morgan fingerprint density at radius 1 is 1.00 bits per heavy atom. The molecule has 5 heteroatoms. The second kappa shape index (κ2) is 5.33. The van der Waals surface area contributed by atoms with Crippen molar-refractivity contribution in [3.05, 3.63) is 42.9 Å². The molecule has 22 heavy (non-hydrogen) atoms. The van der Waals surface area contributed by atoms with E-state index in [1.54, 1.807) is 6.33 Å². The molecule has 0 radical (unpaired) electrons. The summed E-state index contributed by atoms with van der Waals surface area (Å²) in [6, 6.07) is 10.6. The molecule has 0 unspecified atom stereocenters. The highest BCUT2D eigenvalue weighted by molar-refractivity contribution is 5.89. The molecule has 0 saturated carbocycles. The van der Waals surface area contributed by atoms with E-state index in [9.17, 15) is 0 Å². The zero-order valence-electron chi connectivity index (χ0n) is 12.7. The van der Waals surface area contributed by atoms with E-state index < -0.39 is 0 Å². The number of aryl methyl sites for hydroxylation is 1. The monoisotopic (exact) mass is 293 g/mol. The van der Waals surface area contributed by atoms with Gasteiger partial charge in [-0.05, 0) is 43.2 Å². The number of hydrogen-bond acceptors (Lipinski definition) is 4. The summed E-state index contributed by atoms with van der Waals surface area (Å²) in [4.78, 5) is 11.1. The molecule has 1 saturated heterocycles. The molecule has 4 rings (SSSR count). The first kappa shape index (κ1) is 13.1. The summed E-state index contributed by atoms with van der Waals surface area (Å²) in [5.74, 6) is 0.847. The average molecular weight is 293 g/mol. The SMILES string of the molecule is Cn1ccc2c(Nc3ccc(N4CCCC4)cc3)ncnc21. The number of fused-ring (bicyclic) bond motifs is 1. The Morgan fingerprint density at radius 3 is 2.55 bits per heavy atom. The number of nitrogens with one attached hydrogen (secondary N) is 1. The molecule has 3 aromatic rings. The number of hydrogen-bond donors (Lipinski definition) is 1. The van der Waals surface area contributed by atoms with E-state index in [1.807, 2.05) is 23.9 Å². The van der Waals surface area contributed by atoms with E-state index in [0.29, 0.717) is 0 Å². The smallest absolute Gasteiger partial charge is 0.145 e. The predicted molar refractivity (Wildman–Crippen MR) is 89.7 cm³/mol. The molecule has 1 aliphatic heterocycles. The Morgan fingerprint density at radius 2 is 1.77 bits per heavy atom. The Kier molecular flexibility index (Phi) is 3.18. The molecule has 1 fully saturated rings. The first-order valence-electron chi connectivity index (χ1n) is 7.69. The molecular formula is C17H19N5. The van der Waals surface area contributed by atoms with Crippen molar-refractivity contribution in [3.8, 4) is 0 Å². The quantitative estimate of drug-likeness (QED) is 0.804. The lowest BCUT2D eigenvalue weighted by Crippen LogP contribution is -2.17. The van der Waals surface area contributed by atoms with Crippen molar-refractivity contribution in [1.29, 1.82) is 0 Å². The summed E-state index contributed by atoms with van der Waals surface area (Å²) in [6.07, 6.45) is 6.20. The molecule has 1 aliphatic rings. The molecule has 0 aliphatic carbocycles. The maximum Gasteiger partial charge on any atom is 0.145 e. The van der Waals surface area contributed by atoms with Crippen LogP contribution in [0.2, 0.25) is 0 Å². The third kappa shape index (κ3) is 2.28. The number of anilines is 3. The molecule has 2 aromatic heterocycles. The van der Waals surface area contributed by atoms with E-state index in [-0.39, 0.29) is 0 Å². The van der Waals surface area contributed by atoms with Gasteiger partial charge in [0.15, 0.2) is 0 Å². The van der Waals surface area contributed by atoms with Crippen LogP contribution in [0.1, 0.15) is 12.8 Å². The van der Waals surface area contributed by atoms with Gasteiger partial charge < -0.3 is 14.8 Å². The first-order chi connectivity index (χ1) is 10.8. The Balaban J connectivity index is 1.59. The summed E-state index contributed by atoms with van der Waals surface area (Å²) in [5, 5.41) is 4.43. The molecule has 0 bridgehead atoms. The van der Waals surface area contributed by atoms with E-state index in [0.717, 1.165) is 22.5 Å². The molecule has 112 valence electrons. The number of aromatic nitrogens is 3. The van der Waals surface area contributed by atoms with Crippen LogP contribution in [0.4, 0.5) is 17.2 Å². The van der Waals surface area contributed by atoms with Crippen LogP contribution < -0.4 is 10.2 Å². The van der Waals surface area contributed by atoms with Crippen molar-refractivity contribution >= 4 is 28.2 Å². The minimum Gasteiger partial charge on any atom is -0.372 e. The predicted octanol–water partition coefficient (Wildman–Crippen LogP) is 3.31. The average Bonchev–Trinajstić information content (AvgIpc) is 3.19. The Bertz CT molecular complexity index is 784. The minimum absolute atomic E-state index is 0.847. The molecule has 0 amide bonds. The van der Waals surface area contributed by atoms with Crippen LogP contribution in [0.15, 0.2) is 42.9 Å². The Hall–Kier alpha value is -2.56. The van der Waals surface area contributed by atoms with Crippen LogP contribution >= 0.6 is 0 Å². The lowest BCUT2D eigenvalue weighted by atomic mass is 10.2. The topological polar surface area (TPSA) is 46.0 Å². The zero-order chi connectivity index (χ0) is 14.9. The van der Waals surface area contributed by atoms with Crippen LogP contribution in [-0.4, -0.2) is 27.6 Å². The van der Waals surface area contributed by atoms with Crippen molar-refractivity contribution in [2.45, 2.75) is 12.8 Å². The largest absolute Gasteiger partial charge is 0.372 e. The van der Waals surface area contributed by atoms with Crippen molar-refractivity contribution < 1.29 is 0 Å².